The van der Waals surface area contributed by atoms with Gasteiger partial charge in [0.2, 0.25) is 0 Å². The first kappa shape index (κ1) is 16.9. The van der Waals surface area contributed by atoms with Crippen LogP contribution in [0.1, 0.15) is 59.8 Å². The molecular weight excluding hydrogens is 238 g/mol. The zero-order valence-electron chi connectivity index (χ0n) is 13.3. The molecule has 3 nitrogen and oxygen atoms in total. The van der Waals surface area contributed by atoms with E-state index in [0.29, 0.717) is 12.7 Å². The molecule has 0 spiro atoms. The molecule has 0 aromatic rings. The summed E-state index contributed by atoms with van der Waals surface area (Å²) in [7, 11) is 0. The summed E-state index contributed by atoms with van der Waals surface area (Å²) in [6, 6.07) is 0. The van der Waals surface area contributed by atoms with Crippen molar-refractivity contribution in [2.45, 2.75) is 71.5 Å². The summed E-state index contributed by atoms with van der Waals surface area (Å²) in [5, 5.41) is 3.54. The maximum atomic E-state index is 6.23. The van der Waals surface area contributed by atoms with Crippen LogP contribution in [-0.2, 0) is 9.47 Å². The van der Waals surface area contributed by atoms with Gasteiger partial charge in [-0.3, -0.25) is 0 Å². The van der Waals surface area contributed by atoms with Gasteiger partial charge in [-0.05, 0) is 58.4 Å². The Balaban J connectivity index is 2.35. The Morgan fingerprint density at radius 3 is 2.47 bits per heavy atom. The van der Waals surface area contributed by atoms with Crippen molar-refractivity contribution in [2.24, 2.45) is 5.92 Å². The summed E-state index contributed by atoms with van der Waals surface area (Å²) in [6.07, 6.45) is 6.43. The van der Waals surface area contributed by atoms with E-state index < -0.39 is 0 Å². The monoisotopic (exact) mass is 271 g/mol. The molecule has 3 heteroatoms. The van der Waals surface area contributed by atoms with Crippen LogP contribution in [0.15, 0.2) is 0 Å². The van der Waals surface area contributed by atoms with Gasteiger partial charge in [-0.1, -0.05) is 13.8 Å². The highest BCUT2D eigenvalue weighted by atomic mass is 16.5. The fourth-order valence-corrected chi connectivity index (χ4v) is 2.70. The van der Waals surface area contributed by atoms with Gasteiger partial charge in [0, 0.05) is 6.54 Å². The molecule has 1 fully saturated rings. The van der Waals surface area contributed by atoms with E-state index in [2.05, 4.69) is 33.0 Å². The standard InChI is InChI=1S/C16H33NO2/c1-5-10-17-13-16(8-6-15(4)7-9-16)19-12-11-18-14(2)3/h14-15,17H,5-13H2,1-4H3. The van der Waals surface area contributed by atoms with E-state index in [9.17, 15) is 0 Å². The van der Waals surface area contributed by atoms with Gasteiger partial charge in [0.1, 0.15) is 0 Å². The zero-order valence-corrected chi connectivity index (χ0v) is 13.3. The second-order valence-electron chi connectivity index (χ2n) is 6.31. The van der Waals surface area contributed by atoms with Gasteiger partial charge in [0.05, 0.1) is 24.9 Å². The molecule has 114 valence electrons. The number of hydrogen-bond donors (Lipinski definition) is 1. The van der Waals surface area contributed by atoms with Gasteiger partial charge in [-0.2, -0.15) is 0 Å². The van der Waals surface area contributed by atoms with Gasteiger partial charge < -0.3 is 14.8 Å². The Bertz CT molecular complexity index is 223. The molecule has 0 unspecified atom stereocenters. The quantitative estimate of drug-likeness (QED) is 0.652. The molecule has 1 aliphatic rings. The van der Waals surface area contributed by atoms with Crippen molar-refractivity contribution in [1.29, 1.82) is 0 Å². The average Bonchev–Trinajstić information content (AvgIpc) is 2.38. The van der Waals surface area contributed by atoms with E-state index >= 15 is 0 Å². The van der Waals surface area contributed by atoms with E-state index in [1.807, 2.05) is 0 Å². The molecule has 0 heterocycles. The lowest BCUT2D eigenvalue weighted by molar-refractivity contribution is -0.0964. The molecule has 0 saturated heterocycles. The van der Waals surface area contributed by atoms with Crippen molar-refractivity contribution < 1.29 is 9.47 Å². The Kier molecular flexibility index (Phi) is 7.96. The highest BCUT2D eigenvalue weighted by Crippen LogP contribution is 2.34. The van der Waals surface area contributed by atoms with E-state index in [1.165, 1.54) is 32.1 Å². The SMILES string of the molecule is CCCNCC1(OCCOC(C)C)CCC(C)CC1. The van der Waals surface area contributed by atoms with Crippen molar-refractivity contribution in [3.05, 3.63) is 0 Å². The molecule has 0 bridgehead atoms. The van der Waals surface area contributed by atoms with Crippen molar-refractivity contribution >= 4 is 0 Å². The molecule has 0 atom stereocenters. The Morgan fingerprint density at radius 1 is 1.21 bits per heavy atom. The lowest BCUT2D eigenvalue weighted by Gasteiger charge is -2.39. The largest absolute Gasteiger partial charge is 0.376 e. The Labute approximate surface area is 119 Å². The highest BCUT2D eigenvalue weighted by molar-refractivity contribution is 4.88. The Morgan fingerprint density at radius 2 is 1.89 bits per heavy atom. The summed E-state index contributed by atoms with van der Waals surface area (Å²) >= 11 is 0. The second kappa shape index (κ2) is 8.93. The third-order valence-electron chi connectivity index (χ3n) is 4.00. The molecule has 0 aromatic carbocycles. The van der Waals surface area contributed by atoms with Gasteiger partial charge >= 0.3 is 0 Å². The molecule has 1 saturated carbocycles. The molecule has 0 amide bonds. The molecule has 0 aromatic heterocycles. The van der Waals surface area contributed by atoms with Crippen LogP contribution in [0.3, 0.4) is 0 Å². The van der Waals surface area contributed by atoms with Crippen LogP contribution in [0, 0.1) is 5.92 Å². The van der Waals surface area contributed by atoms with Crippen LogP contribution in [0.2, 0.25) is 0 Å². The normalized spacial score (nSPS) is 27.9. The summed E-state index contributed by atoms with van der Waals surface area (Å²) < 4.78 is 11.8. The van der Waals surface area contributed by atoms with Crippen LogP contribution in [0.25, 0.3) is 0 Å². The minimum Gasteiger partial charge on any atom is -0.376 e. The van der Waals surface area contributed by atoms with Crippen LogP contribution < -0.4 is 5.32 Å². The fourth-order valence-electron chi connectivity index (χ4n) is 2.70. The summed E-state index contributed by atoms with van der Waals surface area (Å²) in [5.41, 5.74) is 0.0576. The molecule has 1 N–H and O–H groups in total. The lowest BCUT2D eigenvalue weighted by atomic mass is 9.79. The van der Waals surface area contributed by atoms with Gasteiger partial charge in [0.25, 0.3) is 0 Å². The number of ether oxygens (including phenoxy) is 2. The second-order valence-corrected chi connectivity index (χ2v) is 6.31. The van der Waals surface area contributed by atoms with Crippen molar-refractivity contribution in [2.75, 3.05) is 26.3 Å². The third-order valence-corrected chi connectivity index (χ3v) is 4.00. The van der Waals surface area contributed by atoms with Crippen LogP contribution in [0.5, 0.6) is 0 Å². The summed E-state index contributed by atoms with van der Waals surface area (Å²) in [6.45, 7) is 12.2. The molecule has 1 rings (SSSR count). The Hall–Kier alpha value is -0.120. The van der Waals surface area contributed by atoms with Gasteiger partial charge in [0.15, 0.2) is 0 Å². The molecule has 1 aliphatic carbocycles. The van der Waals surface area contributed by atoms with Gasteiger partial charge in [-0.25, -0.2) is 0 Å². The van der Waals surface area contributed by atoms with Crippen LogP contribution in [-0.4, -0.2) is 38.0 Å². The molecule has 19 heavy (non-hydrogen) atoms. The van der Waals surface area contributed by atoms with E-state index in [1.54, 1.807) is 0 Å². The van der Waals surface area contributed by atoms with Crippen LogP contribution in [0.4, 0.5) is 0 Å². The highest BCUT2D eigenvalue weighted by Gasteiger charge is 2.34. The first-order chi connectivity index (χ1) is 9.08. The molecule has 0 aliphatic heterocycles. The van der Waals surface area contributed by atoms with E-state index in [0.717, 1.165) is 25.6 Å². The first-order valence-corrected chi connectivity index (χ1v) is 8.04. The predicted octanol–water partition coefficient (Wildman–Crippen LogP) is 3.38. The molecular formula is C16H33NO2. The van der Waals surface area contributed by atoms with Gasteiger partial charge in [-0.15, -0.1) is 0 Å². The average molecular weight is 271 g/mol. The van der Waals surface area contributed by atoms with E-state index in [-0.39, 0.29) is 5.60 Å². The number of hydrogen-bond acceptors (Lipinski definition) is 3. The minimum absolute atomic E-state index is 0.0576. The fraction of sp³-hybridized carbons (Fsp3) is 1.00. The first-order valence-electron chi connectivity index (χ1n) is 8.04. The van der Waals surface area contributed by atoms with Crippen molar-refractivity contribution in [1.82, 2.24) is 5.32 Å². The van der Waals surface area contributed by atoms with E-state index in [4.69, 9.17) is 9.47 Å². The maximum absolute atomic E-state index is 6.23. The minimum atomic E-state index is 0.0576. The van der Waals surface area contributed by atoms with Crippen LogP contribution >= 0.6 is 0 Å². The molecule has 0 radical (unpaired) electrons. The predicted molar refractivity (Wildman–Crippen MR) is 80.6 cm³/mol. The summed E-state index contributed by atoms with van der Waals surface area (Å²) in [4.78, 5) is 0. The zero-order chi connectivity index (χ0) is 14.1. The topological polar surface area (TPSA) is 30.5 Å². The number of rotatable bonds is 9. The lowest BCUT2D eigenvalue weighted by Crippen LogP contribution is -2.46. The maximum Gasteiger partial charge on any atom is 0.0807 e. The van der Waals surface area contributed by atoms with Crippen molar-refractivity contribution in [3.8, 4) is 0 Å². The third kappa shape index (κ3) is 6.73. The smallest absolute Gasteiger partial charge is 0.0807 e. The number of nitrogens with one attached hydrogen (secondary N) is 1. The van der Waals surface area contributed by atoms with Crippen molar-refractivity contribution in [3.63, 3.8) is 0 Å². The summed E-state index contributed by atoms with van der Waals surface area (Å²) in [5.74, 6) is 0.856.